The predicted molar refractivity (Wildman–Crippen MR) is 192 cm³/mol. The Morgan fingerprint density at radius 1 is 0.911 bits per heavy atom. The van der Waals surface area contributed by atoms with Crippen LogP contribution in [0.4, 0.5) is 0 Å². The maximum absolute atomic E-state index is 6.20. The van der Waals surface area contributed by atoms with Crippen LogP contribution in [0, 0.1) is 35.5 Å². The summed E-state index contributed by atoms with van der Waals surface area (Å²) in [6, 6.07) is 0. The van der Waals surface area contributed by atoms with Gasteiger partial charge in [-0.25, -0.2) is 0 Å². The first-order chi connectivity index (χ1) is 22.1. The standard InChI is InChI=1S/C43H60N2/c1-30-11-10-17-40-38(37-28-35(32-13-4-2-5-14-32)27-36(29-37)33-15-6-3-7-16-33)23-24-39(43(30)40)34-21-19-31(20-22-34)12-8-9-18-41(44)42-25-26-45-42/h10,13,17-19,28-30,33-34,36,39,43H,2-9,11-12,14-16,20-27,44H2,1H3/b41-18-. The minimum atomic E-state index is 0.739. The van der Waals surface area contributed by atoms with Crippen molar-refractivity contribution in [1.29, 1.82) is 0 Å². The van der Waals surface area contributed by atoms with Gasteiger partial charge in [-0.15, -0.1) is 0 Å². The Morgan fingerprint density at radius 3 is 2.56 bits per heavy atom. The molecule has 0 bridgehead atoms. The number of rotatable bonds is 9. The SMILES string of the molecule is CC1CC=CC2=C(C3=CC(C4CCCCC4)CC(C4=CCCCC4)=C3)CCC(C3CC=C(CCC/C=C(\N)C4=NCC4)CC3)C21. The topological polar surface area (TPSA) is 38.4 Å². The molecule has 1 fully saturated rings. The highest BCUT2D eigenvalue weighted by molar-refractivity contribution is 6.02. The third-order valence-corrected chi connectivity index (χ3v) is 13.0. The zero-order valence-corrected chi connectivity index (χ0v) is 28.4. The summed E-state index contributed by atoms with van der Waals surface area (Å²) >= 11 is 0. The number of fused-ring (bicyclic) bond motifs is 1. The van der Waals surface area contributed by atoms with E-state index in [-0.39, 0.29) is 0 Å². The summed E-state index contributed by atoms with van der Waals surface area (Å²) in [7, 11) is 0. The van der Waals surface area contributed by atoms with E-state index in [0.717, 1.165) is 66.3 Å². The second-order valence-corrected chi connectivity index (χ2v) is 15.8. The molecule has 5 atom stereocenters. The molecule has 0 amide bonds. The van der Waals surface area contributed by atoms with Gasteiger partial charge >= 0.3 is 0 Å². The normalized spacial score (nSPS) is 33.0. The van der Waals surface area contributed by atoms with Crippen molar-refractivity contribution in [1.82, 2.24) is 0 Å². The molecule has 7 rings (SSSR count). The monoisotopic (exact) mass is 604 g/mol. The zero-order valence-electron chi connectivity index (χ0n) is 28.4. The van der Waals surface area contributed by atoms with E-state index in [4.69, 9.17) is 5.73 Å². The molecule has 7 aliphatic rings. The Hall–Kier alpha value is -2.35. The lowest BCUT2D eigenvalue weighted by atomic mass is 9.59. The van der Waals surface area contributed by atoms with Crippen molar-refractivity contribution in [2.45, 2.75) is 135 Å². The van der Waals surface area contributed by atoms with Gasteiger partial charge in [0.2, 0.25) is 0 Å². The summed E-state index contributed by atoms with van der Waals surface area (Å²) < 4.78 is 0. The molecule has 1 aliphatic heterocycles. The van der Waals surface area contributed by atoms with Gasteiger partial charge in [-0.3, -0.25) is 4.99 Å². The minimum Gasteiger partial charge on any atom is -0.398 e. The van der Waals surface area contributed by atoms with Crippen LogP contribution in [-0.2, 0) is 0 Å². The van der Waals surface area contributed by atoms with Crippen LogP contribution < -0.4 is 5.73 Å². The van der Waals surface area contributed by atoms with Crippen LogP contribution in [0.1, 0.15) is 135 Å². The van der Waals surface area contributed by atoms with Gasteiger partial charge in [0, 0.05) is 18.7 Å². The van der Waals surface area contributed by atoms with E-state index in [1.807, 2.05) is 0 Å². The van der Waals surface area contributed by atoms with Crippen molar-refractivity contribution < 1.29 is 0 Å². The third kappa shape index (κ3) is 7.16. The van der Waals surface area contributed by atoms with Crippen LogP contribution in [0.3, 0.4) is 0 Å². The molecule has 2 nitrogen and oxygen atoms in total. The highest BCUT2D eigenvalue weighted by atomic mass is 14.8. The Kier molecular flexibility index (Phi) is 10.1. The highest BCUT2D eigenvalue weighted by Gasteiger charge is 2.40. The molecule has 0 aromatic carbocycles. The molecule has 5 unspecified atom stereocenters. The molecule has 0 radical (unpaired) electrons. The predicted octanol–water partition coefficient (Wildman–Crippen LogP) is 11.4. The Bertz CT molecular complexity index is 1340. The summed E-state index contributed by atoms with van der Waals surface area (Å²) in [5.74, 6) is 4.84. The molecule has 0 aromatic heterocycles. The lowest BCUT2D eigenvalue weighted by Gasteiger charge is -2.45. The molecule has 2 N–H and O–H groups in total. The highest BCUT2D eigenvalue weighted by Crippen LogP contribution is 2.52. The third-order valence-electron chi connectivity index (χ3n) is 13.0. The fourth-order valence-corrected chi connectivity index (χ4v) is 10.3. The van der Waals surface area contributed by atoms with Gasteiger partial charge in [0.25, 0.3) is 0 Å². The molecule has 242 valence electrons. The molecule has 2 heteroatoms. The number of unbranched alkanes of at least 4 members (excludes halogenated alkanes) is 1. The Balaban J connectivity index is 1.08. The summed E-state index contributed by atoms with van der Waals surface area (Å²) in [6.45, 7) is 3.53. The summed E-state index contributed by atoms with van der Waals surface area (Å²) in [5, 5.41) is 0. The Morgan fingerprint density at radius 2 is 1.80 bits per heavy atom. The molecular weight excluding hydrogens is 544 g/mol. The number of aliphatic imine (C=N–C) groups is 1. The number of nitrogens with zero attached hydrogens (tertiary/aromatic N) is 1. The van der Waals surface area contributed by atoms with E-state index in [1.165, 1.54) is 116 Å². The average Bonchev–Trinajstić information content (AvgIpc) is 3.06. The number of hydrogen-bond acceptors (Lipinski definition) is 2. The van der Waals surface area contributed by atoms with Crippen molar-refractivity contribution in [2.24, 2.45) is 46.2 Å². The van der Waals surface area contributed by atoms with Crippen molar-refractivity contribution in [2.75, 3.05) is 6.54 Å². The van der Waals surface area contributed by atoms with Crippen molar-refractivity contribution in [3.05, 3.63) is 81.7 Å². The van der Waals surface area contributed by atoms with Crippen LogP contribution in [0.25, 0.3) is 0 Å². The Labute approximate surface area is 274 Å². The van der Waals surface area contributed by atoms with E-state index < -0.39 is 0 Å². The van der Waals surface area contributed by atoms with Crippen molar-refractivity contribution >= 4 is 5.71 Å². The molecule has 0 spiro atoms. The second-order valence-electron chi connectivity index (χ2n) is 15.8. The van der Waals surface area contributed by atoms with Gasteiger partial charge in [0.15, 0.2) is 0 Å². The number of allylic oxidation sites excluding steroid dienone is 14. The summed E-state index contributed by atoms with van der Waals surface area (Å²) in [5.41, 5.74) is 18.5. The van der Waals surface area contributed by atoms with Gasteiger partial charge in [0.1, 0.15) is 0 Å². The largest absolute Gasteiger partial charge is 0.398 e. The summed E-state index contributed by atoms with van der Waals surface area (Å²) in [6.07, 6.45) is 44.6. The quantitative estimate of drug-likeness (QED) is 0.206. The lowest BCUT2D eigenvalue weighted by Crippen LogP contribution is -2.35. The first kappa shape index (κ1) is 31.3. The van der Waals surface area contributed by atoms with Crippen LogP contribution >= 0.6 is 0 Å². The van der Waals surface area contributed by atoms with Gasteiger partial charge in [0.05, 0.1) is 5.71 Å². The van der Waals surface area contributed by atoms with Crippen LogP contribution in [0.15, 0.2) is 86.7 Å². The minimum absolute atomic E-state index is 0.739. The van der Waals surface area contributed by atoms with E-state index >= 15 is 0 Å². The molecule has 0 saturated heterocycles. The van der Waals surface area contributed by atoms with Crippen molar-refractivity contribution in [3.63, 3.8) is 0 Å². The van der Waals surface area contributed by atoms with E-state index in [0.29, 0.717) is 0 Å². The van der Waals surface area contributed by atoms with Gasteiger partial charge in [-0.1, -0.05) is 74.3 Å². The van der Waals surface area contributed by atoms with Gasteiger partial charge in [-0.05, 0) is 166 Å². The molecule has 1 heterocycles. The maximum Gasteiger partial charge on any atom is 0.0592 e. The van der Waals surface area contributed by atoms with Gasteiger partial charge in [-0.2, -0.15) is 0 Å². The molecule has 0 aromatic rings. The molecule has 45 heavy (non-hydrogen) atoms. The van der Waals surface area contributed by atoms with Crippen LogP contribution in [0.5, 0.6) is 0 Å². The first-order valence-corrected chi connectivity index (χ1v) is 19.3. The molecular formula is C43H60N2. The van der Waals surface area contributed by atoms with Crippen LogP contribution in [0.2, 0.25) is 0 Å². The zero-order chi connectivity index (χ0) is 30.6. The second kappa shape index (κ2) is 14.6. The fourth-order valence-electron chi connectivity index (χ4n) is 10.3. The molecule has 1 saturated carbocycles. The van der Waals surface area contributed by atoms with E-state index in [1.54, 1.807) is 33.4 Å². The fraction of sp³-hybridized carbons (Fsp3) is 0.651. The average molecular weight is 605 g/mol. The molecule has 6 aliphatic carbocycles. The van der Waals surface area contributed by atoms with Gasteiger partial charge < -0.3 is 5.73 Å². The first-order valence-electron chi connectivity index (χ1n) is 19.3. The van der Waals surface area contributed by atoms with Crippen molar-refractivity contribution in [3.8, 4) is 0 Å². The number of hydrogen-bond donors (Lipinski definition) is 1. The van der Waals surface area contributed by atoms with E-state index in [9.17, 15) is 0 Å². The lowest BCUT2D eigenvalue weighted by molar-refractivity contribution is 0.163. The number of nitrogens with two attached hydrogens (primary N) is 1. The smallest absolute Gasteiger partial charge is 0.0592 e. The van der Waals surface area contributed by atoms with Crippen LogP contribution in [-0.4, -0.2) is 12.3 Å². The summed E-state index contributed by atoms with van der Waals surface area (Å²) in [4.78, 5) is 4.40. The maximum atomic E-state index is 6.20. The van der Waals surface area contributed by atoms with E-state index in [2.05, 4.69) is 54.4 Å².